The van der Waals surface area contributed by atoms with Gasteiger partial charge in [-0.05, 0) is 48.4 Å². The predicted octanol–water partition coefficient (Wildman–Crippen LogP) is 3.71. The molecule has 0 bridgehead atoms. The Bertz CT molecular complexity index is 944. The lowest BCUT2D eigenvalue weighted by molar-refractivity contribution is -0.113. The predicted molar refractivity (Wildman–Crippen MR) is 117 cm³/mol. The van der Waals surface area contributed by atoms with E-state index in [9.17, 15) is 14.0 Å². The molecule has 0 saturated heterocycles. The van der Waals surface area contributed by atoms with Gasteiger partial charge in [0.2, 0.25) is 5.91 Å². The van der Waals surface area contributed by atoms with Gasteiger partial charge in [0.15, 0.2) is 0 Å². The summed E-state index contributed by atoms with van der Waals surface area (Å²) in [5.74, 6) is 0.367. The third-order valence-corrected chi connectivity index (χ3v) is 5.29. The van der Waals surface area contributed by atoms with Gasteiger partial charge in [-0.1, -0.05) is 12.1 Å². The standard InChI is InChI=1S/C22H23FN4O2S/c23-19-6-8-20(9-7-19)26-21(28)15-30-14-17-2-4-18(5-3-17)22(29)25-10-1-12-27-13-11-24-16-27/h2-9,11,13,16H,1,10,12,14-15H2,(H,25,29)(H,26,28). The summed E-state index contributed by atoms with van der Waals surface area (Å²) in [6, 6.07) is 13.0. The van der Waals surface area contributed by atoms with Gasteiger partial charge in [0, 0.05) is 42.5 Å². The first-order chi connectivity index (χ1) is 14.6. The third-order valence-electron chi connectivity index (χ3n) is 4.28. The van der Waals surface area contributed by atoms with Gasteiger partial charge < -0.3 is 15.2 Å². The van der Waals surface area contributed by atoms with Gasteiger partial charge in [0.1, 0.15) is 5.82 Å². The van der Waals surface area contributed by atoms with E-state index in [0.717, 1.165) is 18.5 Å². The summed E-state index contributed by atoms with van der Waals surface area (Å²) in [5, 5.41) is 5.64. The van der Waals surface area contributed by atoms with Crippen LogP contribution in [0.1, 0.15) is 22.3 Å². The van der Waals surface area contributed by atoms with Crippen molar-refractivity contribution in [1.82, 2.24) is 14.9 Å². The Kier molecular flexibility index (Phi) is 8.02. The SMILES string of the molecule is O=C(CSCc1ccc(C(=O)NCCCn2ccnc2)cc1)Nc1ccc(F)cc1. The Morgan fingerprint density at radius 1 is 1.07 bits per heavy atom. The molecular formula is C22H23FN4O2S. The van der Waals surface area contributed by atoms with Crippen molar-refractivity contribution in [2.75, 3.05) is 17.6 Å². The fourth-order valence-corrected chi connectivity index (χ4v) is 3.52. The molecule has 0 fully saturated rings. The largest absolute Gasteiger partial charge is 0.352 e. The van der Waals surface area contributed by atoms with Gasteiger partial charge in [0.05, 0.1) is 12.1 Å². The Balaban J connectivity index is 1.34. The molecule has 1 heterocycles. The Morgan fingerprint density at radius 3 is 2.53 bits per heavy atom. The minimum atomic E-state index is -0.339. The highest BCUT2D eigenvalue weighted by molar-refractivity contribution is 7.99. The number of anilines is 1. The number of carbonyl (C=O) groups excluding carboxylic acids is 2. The highest BCUT2D eigenvalue weighted by atomic mass is 32.2. The second kappa shape index (κ2) is 11.2. The quantitative estimate of drug-likeness (QED) is 0.485. The van der Waals surface area contributed by atoms with E-state index >= 15 is 0 Å². The number of imidazole rings is 1. The lowest BCUT2D eigenvalue weighted by atomic mass is 10.1. The van der Waals surface area contributed by atoms with E-state index in [1.54, 1.807) is 24.7 Å². The van der Waals surface area contributed by atoms with Crippen LogP contribution >= 0.6 is 11.8 Å². The van der Waals surface area contributed by atoms with Crippen molar-refractivity contribution < 1.29 is 14.0 Å². The van der Waals surface area contributed by atoms with Crippen molar-refractivity contribution in [2.45, 2.75) is 18.7 Å². The van der Waals surface area contributed by atoms with Gasteiger partial charge >= 0.3 is 0 Å². The molecule has 6 nitrogen and oxygen atoms in total. The van der Waals surface area contributed by atoms with Crippen LogP contribution < -0.4 is 10.6 Å². The van der Waals surface area contributed by atoms with Crippen LogP contribution in [0.4, 0.5) is 10.1 Å². The maximum absolute atomic E-state index is 12.9. The van der Waals surface area contributed by atoms with Gasteiger partial charge in [0.25, 0.3) is 5.91 Å². The second-order valence-corrected chi connectivity index (χ2v) is 7.64. The minimum Gasteiger partial charge on any atom is -0.352 e. The second-order valence-electron chi connectivity index (χ2n) is 6.65. The summed E-state index contributed by atoms with van der Waals surface area (Å²) in [5.41, 5.74) is 2.22. The first-order valence-corrected chi connectivity index (χ1v) is 10.7. The average molecular weight is 427 g/mol. The number of nitrogens with one attached hydrogen (secondary N) is 2. The van der Waals surface area contributed by atoms with E-state index < -0.39 is 0 Å². The van der Waals surface area contributed by atoms with Crippen molar-refractivity contribution in [1.29, 1.82) is 0 Å². The molecule has 2 aromatic carbocycles. The van der Waals surface area contributed by atoms with E-state index in [4.69, 9.17) is 0 Å². The van der Waals surface area contributed by atoms with E-state index in [1.165, 1.54) is 36.0 Å². The monoisotopic (exact) mass is 426 g/mol. The number of carbonyl (C=O) groups is 2. The van der Waals surface area contributed by atoms with Crippen LogP contribution in [-0.2, 0) is 17.1 Å². The van der Waals surface area contributed by atoms with Gasteiger partial charge in [-0.25, -0.2) is 9.37 Å². The maximum Gasteiger partial charge on any atom is 0.251 e. The molecule has 0 spiro atoms. The van der Waals surface area contributed by atoms with Crippen LogP contribution in [0.2, 0.25) is 0 Å². The number of nitrogens with zero attached hydrogens (tertiary/aromatic N) is 2. The summed E-state index contributed by atoms with van der Waals surface area (Å²) in [6.07, 6.45) is 6.21. The number of rotatable bonds is 10. The van der Waals surface area contributed by atoms with Crippen LogP contribution in [-0.4, -0.2) is 33.7 Å². The number of amides is 2. The first kappa shape index (κ1) is 21.6. The van der Waals surface area contributed by atoms with Crippen LogP contribution in [0.5, 0.6) is 0 Å². The fraction of sp³-hybridized carbons (Fsp3) is 0.227. The van der Waals surface area contributed by atoms with E-state index in [0.29, 0.717) is 23.5 Å². The lowest BCUT2D eigenvalue weighted by Gasteiger charge is -2.07. The normalized spacial score (nSPS) is 10.6. The summed E-state index contributed by atoms with van der Waals surface area (Å²) in [7, 11) is 0. The number of aryl methyl sites for hydroxylation is 1. The first-order valence-electron chi connectivity index (χ1n) is 9.56. The van der Waals surface area contributed by atoms with E-state index in [1.807, 2.05) is 22.9 Å². The van der Waals surface area contributed by atoms with Gasteiger partial charge in [-0.3, -0.25) is 9.59 Å². The van der Waals surface area contributed by atoms with Gasteiger partial charge in [-0.15, -0.1) is 11.8 Å². The average Bonchev–Trinajstić information content (AvgIpc) is 3.27. The molecule has 30 heavy (non-hydrogen) atoms. The highest BCUT2D eigenvalue weighted by Gasteiger charge is 2.06. The van der Waals surface area contributed by atoms with Crippen LogP contribution in [0.15, 0.2) is 67.3 Å². The molecule has 3 aromatic rings. The van der Waals surface area contributed by atoms with Crippen LogP contribution in [0, 0.1) is 5.82 Å². The topological polar surface area (TPSA) is 76.0 Å². The number of thioether (sulfide) groups is 1. The zero-order valence-corrected chi connectivity index (χ0v) is 17.2. The van der Waals surface area contributed by atoms with Crippen molar-refractivity contribution in [3.05, 3.63) is 84.2 Å². The molecule has 1 aromatic heterocycles. The van der Waals surface area contributed by atoms with Crippen LogP contribution in [0.3, 0.4) is 0 Å². The maximum atomic E-state index is 12.9. The third kappa shape index (κ3) is 7.04. The molecule has 0 aliphatic carbocycles. The molecule has 2 N–H and O–H groups in total. The number of hydrogen-bond acceptors (Lipinski definition) is 4. The molecule has 0 aliphatic rings. The van der Waals surface area contributed by atoms with Gasteiger partial charge in [-0.2, -0.15) is 0 Å². The Morgan fingerprint density at radius 2 is 1.83 bits per heavy atom. The summed E-state index contributed by atoms with van der Waals surface area (Å²) in [4.78, 5) is 28.1. The molecule has 2 amide bonds. The fourth-order valence-electron chi connectivity index (χ4n) is 2.73. The highest BCUT2D eigenvalue weighted by Crippen LogP contribution is 2.15. The molecule has 0 radical (unpaired) electrons. The summed E-state index contributed by atoms with van der Waals surface area (Å²) >= 11 is 1.47. The summed E-state index contributed by atoms with van der Waals surface area (Å²) in [6.45, 7) is 1.41. The number of aromatic nitrogens is 2. The zero-order valence-electron chi connectivity index (χ0n) is 16.4. The van der Waals surface area contributed by atoms with Crippen molar-refractivity contribution in [2.24, 2.45) is 0 Å². The number of halogens is 1. The van der Waals surface area contributed by atoms with Crippen molar-refractivity contribution >= 4 is 29.3 Å². The molecule has 0 atom stereocenters. The number of hydrogen-bond donors (Lipinski definition) is 2. The minimum absolute atomic E-state index is 0.0986. The number of benzene rings is 2. The molecule has 0 unspecified atom stereocenters. The Labute approximate surface area is 178 Å². The zero-order chi connectivity index (χ0) is 21.2. The summed E-state index contributed by atoms with van der Waals surface area (Å²) < 4.78 is 14.8. The molecule has 8 heteroatoms. The molecule has 0 aliphatic heterocycles. The smallest absolute Gasteiger partial charge is 0.251 e. The van der Waals surface area contributed by atoms with Crippen molar-refractivity contribution in [3.8, 4) is 0 Å². The Hall–Kier alpha value is -3.13. The molecule has 3 rings (SSSR count). The van der Waals surface area contributed by atoms with E-state index in [2.05, 4.69) is 15.6 Å². The molecule has 156 valence electrons. The van der Waals surface area contributed by atoms with Crippen LogP contribution in [0.25, 0.3) is 0 Å². The molecule has 0 saturated carbocycles. The van der Waals surface area contributed by atoms with Crippen molar-refractivity contribution in [3.63, 3.8) is 0 Å². The lowest BCUT2D eigenvalue weighted by Crippen LogP contribution is -2.25. The molecular weight excluding hydrogens is 403 g/mol. The van der Waals surface area contributed by atoms with E-state index in [-0.39, 0.29) is 23.4 Å².